The van der Waals surface area contributed by atoms with Crippen molar-refractivity contribution < 1.29 is 4.74 Å². The molecular formula is C22H31N7O. The van der Waals surface area contributed by atoms with E-state index in [2.05, 4.69) is 20.2 Å². The van der Waals surface area contributed by atoms with Crippen molar-refractivity contribution in [2.45, 2.75) is 40.0 Å². The van der Waals surface area contributed by atoms with Crippen LogP contribution in [-0.2, 0) is 4.74 Å². The van der Waals surface area contributed by atoms with Crippen molar-refractivity contribution >= 4 is 23.2 Å². The van der Waals surface area contributed by atoms with Gasteiger partial charge < -0.3 is 20.7 Å². The summed E-state index contributed by atoms with van der Waals surface area (Å²) in [4.78, 5) is 16.0. The first-order valence-electron chi connectivity index (χ1n) is 10.7. The second kappa shape index (κ2) is 8.18. The van der Waals surface area contributed by atoms with Crippen molar-refractivity contribution in [3.05, 3.63) is 34.8 Å². The molecule has 2 aromatic heterocycles. The summed E-state index contributed by atoms with van der Waals surface area (Å²) in [7, 11) is 0. The third kappa shape index (κ3) is 3.71. The van der Waals surface area contributed by atoms with Gasteiger partial charge in [-0.1, -0.05) is 0 Å². The SMILES string of the molecule is CCNc1nccc(C(=N)c2nc(C)c(N3CCC4(CCOC4)CC3)nc2N)c1C. The van der Waals surface area contributed by atoms with Gasteiger partial charge in [0.2, 0.25) is 0 Å². The molecule has 4 rings (SSSR count). The van der Waals surface area contributed by atoms with Gasteiger partial charge >= 0.3 is 0 Å². The molecule has 4 heterocycles. The number of aryl methyl sites for hydroxylation is 1. The number of piperidine rings is 1. The van der Waals surface area contributed by atoms with Crippen LogP contribution in [0.25, 0.3) is 0 Å². The third-order valence-corrected chi connectivity index (χ3v) is 6.44. The predicted molar refractivity (Wildman–Crippen MR) is 120 cm³/mol. The Balaban J connectivity index is 1.58. The van der Waals surface area contributed by atoms with Crippen molar-refractivity contribution in [1.82, 2.24) is 15.0 Å². The summed E-state index contributed by atoms with van der Waals surface area (Å²) < 4.78 is 5.64. The van der Waals surface area contributed by atoms with Crippen molar-refractivity contribution in [3.63, 3.8) is 0 Å². The van der Waals surface area contributed by atoms with Gasteiger partial charge in [-0.2, -0.15) is 0 Å². The van der Waals surface area contributed by atoms with Gasteiger partial charge in [-0.05, 0) is 51.5 Å². The van der Waals surface area contributed by atoms with Crippen molar-refractivity contribution in [3.8, 4) is 0 Å². The molecule has 0 unspecified atom stereocenters. The minimum atomic E-state index is 0.273. The molecule has 0 bridgehead atoms. The Morgan fingerprint density at radius 3 is 2.70 bits per heavy atom. The highest BCUT2D eigenvalue weighted by molar-refractivity contribution is 6.13. The van der Waals surface area contributed by atoms with Crippen LogP contribution < -0.4 is 16.0 Å². The van der Waals surface area contributed by atoms with Crippen LogP contribution in [0, 0.1) is 24.7 Å². The van der Waals surface area contributed by atoms with E-state index < -0.39 is 0 Å². The maximum Gasteiger partial charge on any atom is 0.154 e. The standard InChI is InChI=1S/C22H31N7O/c1-4-25-20-14(2)16(5-9-26-20)17(23)18-19(24)28-21(15(3)27-18)29-10-6-22(7-11-29)8-12-30-13-22/h5,9,23H,4,6-8,10-13H2,1-3H3,(H2,24,28)(H,25,26). The fourth-order valence-corrected chi connectivity index (χ4v) is 4.52. The Bertz CT molecular complexity index is 943. The smallest absolute Gasteiger partial charge is 0.154 e. The van der Waals surface area contributed by atoms with Crippen molar-refractivity contribution in [1.29, 1.82) is 5.41 Å². The topological polar surface area (TPSA) is 113 Å². The first-order valence-corrected chi connectivity index (χ1v) is 10.7. The maximum absolute atomic E-state index is 8.74. The lowest BCUT2D eigenvalue weighted by atomic mass is 9.78. The molecule has 0 amide bonds. The van der Waals surface area contributed by atoms with Gasteiger partial charge in [0.25, 0.3) is 0 Å². The van der Waals surface area contributed by atoms with Crippen LogP contribution >= 0.6 is 0 Å². The fourth-order valence-electron chi connectivity index (χ4n) is 4.52. The highest BCUT2D eigenvalue weighted by Crippen LogP contribution is 2.40. The molecule has 2 aliphatic rings. The molecule has 0 atom stereocenters. The zero-order chi connectivity index (χ0) is 21.3. The number of aromatic nitrogens is 3. The first-order chi connectivity index (χ1) is 14.4. The molecule has 4 N–H and O–H groups in total. The Labute approximate surface area is 177 Å². The van der Waals surface area contributed by atoms with E-state index in [0.29, 0.717) is 16.9 Å². The van der Waals surface area contributed by atoms with Crippen LogP contribution in [0.1, 0.15) is 48.7 Å². The maximum atomic E-state index is 8.74. The van der Waals surface area contributed by atoms with E-state index in [9.17, 15) is 0 Å². The van der Waals surface area contributed by atoms with Crippen LogP contribution in [0.3, 0.4) is 0 Å². The van der Waals surface area contributed by atoms with Gasteiger partial charge in [0, 0.05) is 43.6 Å². The number of nitrogens with zero attached hydrogens (tertiary/aromatic N) is 4. The molecule has 0 aliphatic carbocycles. The Kier molecular flexibility index (Phi) is 5.60. The minimum Gasteiger partial charge on any atom is -0.382 e. The van der Waals surface area contributed by atoms with E-state index >= 15 is 0 Å². The molecule has 8 nitrogen and oxygen atoms in total. The van der Waals surface area contributed by atoms with E-state index in [4.69, 9.17) is 20.9 Å². The number of nitrogen functional groups attached to an aromatic ring is 1. The molecule has 0 aromatic carbocycles. The van der Waals surface area contributed by atoms with E-state index in [1.807, 2.05) is 26.8 Å². The van der Waals surface area contributed by atoms with E-state index in [1.54, 1.807) is 6.20 Å². The Hall–Kier alpha value is -2.74. The predicted octanol–water partition coefficient (Wildman–Crippen LogP) is 2.93. The lowest BCUT2D eigenvalue weighted by Crippen LogP contribution is -2.41. The molecule has 0 radical (unpaired) electrons. The summed E-state index contributed by atoms with van der Waals surface area (Å²) in [5.74, 6) is 1.90. The molecule has 2 aliphatic heterocycles. The van der Waals surface area contributed by atoms with Gasteiger partial charge in [-0.15, -0.1) is 0 Å². The molecular weight excluding hydrogens is 378 g/mol. The summed E-state index contributed by atoms with van der Waals surface area (Å²) >= 11 is 0. The third-order valence-electron chi connectivity index (χ3n) is 6.44. The zero-order valence-electron chi connectivity index (χ0n) is 18.1. The lowest BCUT2D eigenvalue weighted by molar-refractivity contribution is 0.133. The summed E-state index contributed by atoms with van der Waals surface area (Å²) in [6.07, 6.45) is 5.07. The minimum absolute atomic E-state index is 0.273. The van der Waals surface area contributed by atoms with Gasteiger partial charge in [0.15, 0.2) is 11.6 Å². The number of rotatable bonds is 5. The number of nitrogens with one attached hydrogen (secondary N) is 2. The average molecular weight is 410 g/mol. The molecule has 8 heteroatoms. The fraction of sp³-hybridized carbons (Fsp3) is 0.545. The monoisotopic (exact) mass is 409 g/mol. The highest BCUT2D eigenvalue weighted by Gasteiger charge is 2.38. The molecule has 160 valence electrons. The van der Waals surface area contributed by atoms with Crippen LogP contribution in [0.15, 0.2) is 12.3 Å². The van der Waals surface area contributed by atoms with E-state index in [-0.39, 0.29) is 5.71 Å². The van der Waals surface area contributed by atoms with Crippen LogP contribution in [-0.4, -0.2) is 53.5 Å². The second-order valence-corrected chi connectivity index (χ2v) is 8.39. The number of anilines is 3. The summed E-state index contributed by atoms with van der Waals surface area (Å²) in [6, 6.07) is 1.83. The number of pyridine rings is 1. The average Bonchev–Trinajstić information content (AvgIpc) is 3.19. The summed E-state index contributed by atoms with van der Waals surface area (Å²) in [6.45, 7) is 10.3. The van der Waals surface area contributed by atoms with Crippen molar-refractivity contribution in [2.24, 2.45) is 5.41 Å². The first kappa shape index (κ1) is 20.5. The molecule has 2 saturated heterocycles. The van der Waals surface area contributed by atoms with Gasteiger partial charge in [-0.25, -0.2) is 15.0 Å². The van der Waals surface area contributed by atoms with Gasteiger partial charge in [0.1, 0.15) is 11.5 Å². The Morgan fingerprint density at radius 1 is 1.27 bits per heavy atom. The van der Waals surface area contributed by atoms with Crippen LogP contribution in [0.4, 0.5) is 17.5 Å². The van der Waals surface area contributed by atoms with Crippen molar-refractivity contribution in [2.75, 3.05) is 48.8 Å². The second-order valence-electron chi connectivity index (χ2n) is 8.39. The number of ether oxygens (including phenoxy) is 1. The summed E-state index contributed by atoms with van der Waals surface area (Å²) in [5, 5.41) is 12.0. The molecule has 2 aromatic rings. The Morgan fingerprint density at radius 2 is 2.03 bits per heavy atom. The van der Waals surface area contributed by atoms with E-state index in [1.165, 1.54) is 0 Å². The molecule has 1 spiro atoms. The molecule has 2 fully saturated rings. The summed E-state index contributed by atoms with van der Waals surface area (Å²) in [5.41, 5.74) is 9.82. The molecule has 30 heavy (non-hydrogen) atoms. The zero-order valence-corrected chi connectivity index (χ0v) is 18.1. The number of nitrogens with two attached hydrogens (primary N) is 1. The van der Waals surface area contributed by atoms with Gasteiger partial charge in [0.05, 0.1) is 18.0 Å². The molecule has 0 saturated carbocycles. The largest absolute Gasteiger partial charge is 0.382 e. The number of hydrogen-bond acceptors (Lipinski definition) is 8. The number of hydrogen-bond donors (Lipinski definition) is 3. The van der Waals surface area contributed by atoms with Crippen LogP contribution in [0.2, 0.25) is 0 Å². The van der Waals surface area contributed by atoms with Crippen LogP contribution in [0.5, 0.6) is 0 Å². The van der Waals surface area contributed by atoms with E-state index in [0.717, 1.165) is 80.6 Å². The normalized spacial score (nSPS) is 18.0. The highest BCUT2D eigenvalue weighted by atomic mass is 16.5. The lowest BCUT2D eigenvalue weighted by Gasteiger charge is -2.39. The van der Waals surface area contributed by atoms with Gasteiger partial charge in [-0.3, -0.25) is 5.41 Å². The quantitative estimate of drug-likeness (QED) is 0.651.